The van der Waals surface area contributed by atoms with Gasteiger partial charge in [-0.3, -0.25) is 28.8 Å². The molecule has 4 atom stereocenters. The van der Waals surface area contributed by atoms with Gasteiger partial charge in [0.15, 0.2) is 33.7 Å². The molecular formula is C51H60N10O11. The Hall–Kier alpha value is -7.68. The smallest absolute Gasteiger partial charge is 0.328 e. The molecule has 2 aromatic carbocycles. The molecule has 21 heteroatoms. The van der Waals surface area contributed by atoms with E-state index in [4.69, 9.17) is 23.7 Å². The van der Waals surface area contributed by atoms with Gasteiger partial charge in [-0.2, -0.15) is 0 Å². The van der Waals surface area contributed by atoms with E-state index in [9.17, 15) is 28.8 Å². The number of ether oxygens (including phenoxy) is 1. The molecule has 8 N–H and O–H groups in total. The van der Waals surface area contributed by atoms with Crippen LogP contribution < -0.4 is 37.6 Å². The molecule has 72 heavy (non-hydrogen) atoms. The van der Waals surface area contributed by atoms with Crippen molar-refractivity contribution in [3.05, 3.63) is 112 Å². The number of nitrogens with zero attached hydrogens (tertiary/aromatic N) is 3. The number of aromatic nitrogens is 3. The van der Waals surface area contributed by atoms with E-state index in [-0.39, 0.29) is 47.7 Å². The van der Waals surface area contributed by atoms with E-state index in [2.05, 4.69) is 46.9 Å². The number of amides is 6. The third-order valence-corrected chi connectivity index (χ3v) is 13.9. The molecule has 380 valence electrons. The summed E-state index contributed by atoms with van der Waals surface area (Å²) in [7, 11) is 1.16. The number of carbonyl (C=O) groups is 7. The van der Waals surface area contributed by atoms with Crippen LogP contribution in [-0.2, 0) is 40.5 Å². The summed E-state index contributed by atoms with van der Waals surface area (Å²) in [6, 6.07) is 13.2. The van der Waals surface area contributed by atoms with E-state index in [0.29, 0.717) is 19.4 Å². The fraction of sp³-hybridized carbons (Fsp3) is 0.451. The zero-order valence-electron chi connectivity index (χ0n) is 41.3. The van der Waals surface area contributed by atoms with Crippen LogP contribution in [0, 0.1) is 26.7 Å². The van der Waals surface area contributed by atoms with Gasteiger partial charge in [-0.15, -0.1) is 0 Å². The SMILES string of the molecule is COC(=O)C(CCCCN)NC(=O)[C@]1(C)NC(=O)c2nc(oc2C)[C@](C)(C(=O)NC2c3ccccc3-c3ccccc32)NC(=O)c2nc(oc2C)[C@](C)(C(=O)NCC2CCCCC2)NC(=O)c2nc1oc2C. The number of methoxy groups -OCH3 is 1. The van der Waals surface area contributed by atoms with Crippen molar-refractivity contribution in [2.24, 2.45) is 11.7 Å². The largest absolute Gasteiger partial charge is 0.467 e. The molecular weight excluding hydrogens is 929 g/mol. The molecule has 1 saturated carbocycles. The summed E-state index contributed by atoms with van der Waals surface area (Å²) in [5.41, 5.74) is 1.20. The Bertz CT molecular complexity index is 2910. The Balaban J connectivity index is 1.26. The number of nitrogens with one attached hydrogen (secondary N) is 6. The summed E-state index contributed by atoms with van der Waals surface area (Å²) < 4.78 is 23.3. The van der Waals surface area contributed by atoms with E-state index in [1.807, 2.05) is 48.5 Å². The average Bonchev–Trinajstić information content (AvgIpc) is 4.16. The first-order valence-corrected chi connectivity index (χ1v) is 24.1. The maximum atomic E-state index is 15.1. The van der Waals surface area contributed by atoms with Crippen molar-refractivity contribution < 1.29 is 51.6 Å². The van der Waals surface area contributed by atoms with Crippen LogP contribution in [-0.4, -0.2) is 82.6 Å². The third-order valence-electron chi connectivity index (χ3n) is 13.9. The van der Waals surface area contributed by atoms with E-state index in [0.717, 1.165) is 61.5 Å². The highest BCUT2D eigenvalue weighted by molar-refractivity contribution is 6.02. The summed E-state index contributed by atoms with van der Waals surface area (Å²) in [6.07, 6.45) is 5.92. The Labute approximate surface area is 415 Å². The molecule has 4 heterocycles. The molecule has 3 aliphatic rings. The number of hydrogen-bond acceptors (Lipinski definition) is 15. The Morgan fingerprint density at radius 1 is 0.681 bits per heavy atom. The first kappa shape index (κ1) is 50.7. The van der Waals surface area contributed by atoms with Crippen LogP contribution in [0.1, 0.15) is 156 Å². The highest BCUT2D eigenvalue weighted by atomic mass is 16.5. The van der Waals surface area contributed by atoms with Crippen molar-refractivity contribution in [2.45, 2.75) is 122 Å². The van der Waals surface area contributed by atoms with Crippen LogP contribution >= 0.6 is 0 Å². The fourth-order valence-electron chi connectivity index (χ4n) is 9.52. The molecule has 1 aliphatic heterocycles. The summed E-state index contributed by atoms with van der Waals surface area (Å²) >= 11 is 0. The van der Waals surface area contributed by atoms with Gasteiger partial charge in [0, 0.05) is 6.54 Å². The second-order valence-electron chi connectivity index (χ2n) is 19.1. The Morgan fingerprint density at radius 3 is 1.58 bits per heavy atom. The van der Waals surface area contributed by atoms with Gasteiger partial charge < -0.3 is 55.6 Å². The molecule has 5 aromatic rings. The van der Waals surface area contributed by atoms with E-state index >= 15 is 4.79 Å². The van der Waals surface area contributed by atoms with Crippen molar-refractivity contribution in [2.75, 3.05) is 20.2 Å². The minimum atomic E-state index is -2.33. The van der Waals surface area contributed by atoms with Crippen LogP contribution in [0.4, 0.5) is 0 Å². The van der Waals surface area contributed by atoms with Gasteiger partial charge in [0.05, 0.1) is 13.2 Å². The normalized spacial score (nSPS) is 21.7. The quantitative estimate of drug-likeness (QED) is 0.0681. The third kappa shape index (κ3) is 9.47. The number of benzene rings is 2. The molecule has 1 unspecified atom stereocenters. The fourth-order valence-corrected chi connectivity index (χ4v) is 9.52. The topological polar surface area (TPSA) is 305 Å². The van der Waals surface area contributed by atoms with Crippen molar-refractivity contribution in [1.82, 2.24) is 46.9 Å². The Morgan fingerprint density at radius 2 is 1.12 bits per heavy atom. The highest BCUT2D eigenvalue weighted by Crippen LogP contribution is 2.44. The van der Waals surface area contributed by atoms with E-state index < -0.39 is 93.3 Å². The van der Waals surface area contributed by atoms with Gasteiger partial charge in [0.25, 0.3) is 35.4 Å². The maximum Gasteiger partial charge on any atom is 0.328 e. The summed E-state index contributed by atoms with van der Waals surface area (Å²) in [5, 5.41) is 16.7. The zero-order chi connectivity index (χ0) is 51.7. The van der Waals surface area contributed by atoms with Crippen LogP contribution in [0.25, 0.3) is 11.1 Å². The van der Waals surface area contributed by atoms with Gasteiger partial charge in [-0.05, 0) is 108 Å². The highest BCUT2D eigenvalue weighted by Gasteiger charge is 2.50. The second-order valence-corrected chi connectivity index (χ2v) is 19.1. The van der Waals surface area contributed by atoms with Gasteiger partial charge in [0.2, 0.25) is 17.7 Å². The number of aryl methyl sites for hydroxylation is 3. The molecule has 1 fully saturated rings. The number of nitrogens with two attached hydrogens (primary N) is 1. The number of hydrogen-bond donors (Lipinski definition) is 7. The molecule has 0 radical (unpaired) electrons. The van der Waals surface area contributed by atoms with Crippen molar-refractivity contribution in [3.63, 3.8) is 0 Å². The van der Waals surface area contributed by atoms with Crippen molar-refractivity contribution in [1.29, 1.82) is 0 Å². The monoisotopic (exact) mass is 988 g/mol. The summed E-state index contributed by atoms with van der Waals surface area (Å²) in [6.45, 7) is 8.74. The van der Waals surface area contributed by atoms with Gasteiger partial charge in [0.1, 0.15) is 23.3 Å². The first-order valence-electron chi connectivity index (χ1n) is 24.1. The van der Waals surface area contributed by atoms with Crippen LogP contribution in [0.5, 0.6) is 0 Å². The van der Waals surface area contributed by atoms with Gasteiger partial charge >= 0.3 is 5.97 Å². The van der Waals surface area contributed by atoms with Crippen LogP contribution in [0.3, 0.4) is 0 Å². The molecule has 8 rings (SSSR count). The maximum absolute atomic E-state index is 15.1. The lowest BCUT2D eigenvalue weighted by Crippen LogP contribution is -2.58. The van der Waals surface area contributed by atoms with E-state index in [1.165, 1.54) is 41.5 Å². The standard InChI is InChI=1S/C51H60N10O11/c1-26-36-41(64)61-51(6,45(68)55-38-32-21-13-11-19-30(32)31-20-12-14-22-33(31)38)48-58-37(28(3)72-48)40(63)60-50(5,44(67)54-34(42(65)69-7)23-15-16-24-52)47-57-35(27(2)71-47)39(62)59-49(4,46(56-36)70-26)43(66)53-25-29-17-9-8-10-18-29/h11-14,19-22,29,34,38H,8-10,15-18,23-25,52H2,1-7H3,(H,53,66)(H,54,67)(H,55,68)(H,59,62)(H,60,63)(H,61,64)/t34?,49-,50-,51-/m0/s1. The molecule has 2 aliphatic carbocycles. The number of esters is 1. The first-order chi connectivity index (χ1) is 34.3. The van der Waals surface area contributed by atoms with Gasteiger partial charge in [-0.25, -0.2) is 19.7 Å². The number of oxazole rings is 3. The predicted octanol–water partition coefficient (Wildman–Crippen LogP) is 4.19. The number of carbonyl (C=O) groups excluding carboxylic acids is 7. The second kappa shape index (κ2) is 20.2. The zero-order valence-corrected chi connectivity index (χ0v) is 41.3. The summed E-state index contributed by atoms with van der Waals surface area (Å²) in [4.78, 5) is 115. The molecule has 6 amide bonds. The molecule has 6 bridgehead atoms. The lowest BCUT2D eigenvalue weighted by molar-refractivity contribution is -0.146. The van der Waals surface area contributed by atoms with Crippen LogP contribution in [0.2, 0.25) is 0 Å². The summed E-state index contributed by atoms with van der Waals surface area (Å²) in [5.74, 6) is -7.86. The number of unbranched alkanes of at least 4 members (excludes halogenated alkanes) is 1. The number of fused-ring (bicyclic) bond motifs is 9. The molecule has 0 saturated heterocycles. The minimum Gasteiger partial charge on any atom is -0.467 e. The van der Waals surface area contributed by atoms with E-state index in [1.54, 1.807) is 0 Å². The molecule has 0 spiro atoms. The Kier molecular flexibility index (Phi) is 14.2. The molecule has 3 aromatic heterocycles. The van der Waals surface area contributed by atoms with Crippen LogP contribution in [0.15, 0.2) is 61.8 Å². The average molecular weight is 989 g/mol. The van der Waals surface area contributed by atoms with Gasteiger partial charge in [-0.1, -0.05) is 67.8 Å². The van der Waals surface area contributed by atoms with Crippen molar-refractivity contribution >= 4 is 41.4 Å². The lowest BCUT2D eigenvalue weighted by atomic mass is 9.89. The van der Waals surface area contributed by atoms with Crippen molar-refractivity contribution in [3.8, 4) is 11.1 Å². The minimum absolute atomic E-state index is 0.0824. The lowest BCUT2D eigenvalue weighted by Gasteiger charge is -2.29. The molecule has 21 nitrogen and oxygen atoms in total. The number of rotatable bonds is 12. The predicted molar refractivity (Wildman–Crippen MR) is 256 cm³/mol.